The van der Waals surface area contributed by atoms with E-state index in [-0.39, 0.29) is 24.5 Å². The maximum Gasteiger partial charge on any atom is 0.232 e. The molecule has 41 heavy (non-hydrogen) atoms. The molecule has 2 saturated carbocycles. The predicted molar refractivity (Wildman–Crippen MR) is 165 cm³/mol. The van der Waals surface area contributed by atoms with Crippen LogP contribution in [0.4, 0.5) is 4.39 Å². The van der Waals surface area contributed by atoms with Crippen molar-refractivity contribution in [2.75, 3.05) is 53.4 Å². The molecule has 1 amide bonds. The Balaban J connectivity index is 1.52. The molecule has 0 spiro atoms. The Bertz CT molecular complexity index is 835. The number of fused-ring (bicyclic) bond motifs is 1. The fourth-order valence-corrected chi connectivity index (χ4v) is 7.41. The van der Waals surface area contributed by atoms with E-state index in [0.29, 0.717) is 37.4 Å². The third-order valence-electron chi connectivity index (χ3n) is 9.96. The predicted octanol–water partition coefficient (Wildman–Crippen LogP) is 1.55. The summed E-state index contributed by atoms with van der Waals surface area (Å²) in [7, 11) is 4.18. The number of alkyl halides is 1. The molecule has 9 nitrogen and oxygen atoms in total. The molecule has 7 unspecified atom stereocenters. The van der Waals surface area contributed by atoms with Crippen LogP contribution in [-0.2, 0) is 4.79 Å². The van der Waals surface area contributed by atoms with Gasteiger partial charge in [-0.25, -0.2) is 4.39 Å². The zero-order valence-corrected chi connectivity index (χ0v) is 25.7. The van der Waals surface area contributed by atoms with E-state index in [1.54, 1.807) is 0 Å². The number of nitrogens with two attached hydrogens (primary N) is 2. The zero-order valence-electron chi connectivity index (χ0n) is 25.7. The topological polar surface area (TPSA) is 132 Å². The van der Waals surface area contributed by atoms with E-state index < -0.39 is 18.3 Å². The highest BCUT2D eigenvalue weighted by atomic mass is 19.1. The van der Waals surface area contributed by atoms with Gasteiger partial charge in [0.15, 0.2) is 0 Å². The van der Waals surface area contributed by atoms with Crippen molar-refractivity contribution in [2.24, 2.45) is 29.2 Å². The van der Waals surface area contributed by atoms with Crippen molar-refractivity contribution in [1.29, 1.82) is 0 Å². The lowest BCUT2D eigenvalue weighted by Crippen LogP contribution is -2.62. The Morgan fingerprint density at radius 3 is 2.59 bits per heavy atom. The van der Waals surface area contributed by atoms with Crippen LogP contribution in [0.5, 0.6) is 0 Å². The number of nitrogens with one attached hydrogen (secondary N) is 5. The minimum absolute atomic E-state index is 0.0539. The summed E-state index contributed by atoms with van der Waals surface area (Å²) < 4.78 is 14.8. The molecule has 7 atom stereocenters. The number of hydrogen-bond donors (Lipinski definition) is 7. The quantitative estimate of drug-likeness (QED) is 0.164. The summed E-state index contributed by atoms with van der Waals surface area (Å²) in [6.45, 7) is 4.36. The summed E-state index contributed by atoms with van der Waals surface area (Å²) in [5, 5.41) is 17.7. The average Bonchev–Trinajstić information content (AvgIpc) is 3.47. The van der Waals surface area contributed by atoms with Gasteiger partial charge in [-0.15, -0.1) is 0 Å². The Kier molecular flexibility index (Phi) is 13.1. The minimum Gasteiger partial charge on any atom is -0.385 e. The van der Waals surface area contributed by atoms with Crippen LogP contribution in [0.1, 0.15) is 77.0 Å². The van der Waals surface area contributed by atoms with Gasteiger partial charge in [0, 0.05) is 30.9 Å². The molecule has 0 bridgehead atoms. The van der Waals surface area contributed by atoms with Crippen LogP contribution in [0.3, 0.4) is 0 Å². The lowest BCUT2D eigenvalue weighted by Gasteiger charge is -2.39. The van der Waals surface area contributed by atoms with Crippen LogP contribution in [0.2, 0.25) is 0 Å². The number of piperidine rings is 1. The van der Waals surface area contributed by atoms with E-state index in [1.165, 1.54) is 24.8 Å². The Morgan fingerprint density at radius 1 is 1.05 bits per heavy atom. The summed E-state index contributed by atoms with van der Waals surface area (Å²) in [4.78, 5) is 16.5. The van der Waals surface area contributed by atoms with Gasteiger partial charge in [-0.2, -0.15) is 0 Å². The standard InChI is InChI=1S/C31H59FN8O/c1-40(2)16-14-21(17-33)18-36-26-13-15-35-20-27(26)39-31(41)28(30(34)38-24-8-4-5-9-24)29-25-10-6-3-7-22(25)11-12-23(32)19-37-29/h21-24,26-28,30,35-38H,3-20,33-34H2,1-2H3,(H,39,41)/b29-25-. The lowest BCUT2D eigenvalue weighted by molar-refractivity contribution is -0.126. The van der Waals surface area contributed by atoms with Crippen molar-refractivity contribution in [3.05, 3.63) is 11.3 Å². The molecule has 10 heteroatoms. The first-order chi connectivity index (χ1) is 19.9. The van der Waals surface area contributed by atoms with Crippen LogP contribution in [0.25, 0.3) is 0 Å². The SMILES string of the molecule is CN(C)CCC(CN)CNC1CCNCC1NC(=O)C(/C1=C2\CCCCC2CCC(F)CN1)C(N)NC1CCCC1. The first-order valence-electron chi connectivity index (χ1n) is 16.6. The Hall–Kier alpha value is -1.30. The molecule has 2 aliphatic heterocycles. The molecule has 0 aromatic rings. The van der Waals surface area contributed by atoms with Gasteiger partial charge >= 0.3 is 0 Å². The second kappa shape index (κ2) is 16.5. The smallest absolute Gasteiger partial charge is 0.232 e. The van der Waals surface area contributed by atoms with Crippen molar-refractivity contribution in [3.63, 3.8) is 0 Å². The molecule has 4 aliphatic rings. The molecular formula is C31H59FN8O. The summed E-state index contributed by atoms with van der Waals surface area (Å²) >= 11 is 0. The normalized spacial score (nSPS) is 32.0. The monoisotopic (exact) mass is 578 g/mol. The number of nitrogens with zero attached hydrogens (tertiary/aromatic N) is 1. The van der Waals surface area contributed by atoms with Gasteiger partial charge in [-0.05, 0) is 115 Å². The highest BCUT2D eigenvalue weighted by Crippen LogP contribution is 2.38. The summed E-state index contributed by atoms with van der Waals surface area (Å²) in [5.41, 5.74) is 15.2. The van der Waals surface area contributed by atoms with Crippen molar-refractivity contribution in [1.82, 2.24) is 31.5 Å². The molecule has 0 aromatic carbocycles. The number of carbonyl (C=O) groups excluding carboxylic acids is 1. The Labute approximate surface area is 247 Å². The number of amides is 1. The summed E-state index contributed by atoms with van der Waals surface area (Å²) in [6.07, 6.45) is 10.9. The molecule has 2 aliphatic carbocycles. The second-order valence-corrected chi connectivity index (χ2v) is 13.4. The van der Waals surface area contributed by atoms with Crippen molar-refractivity contribution >= 4 is 5.91 Å². The van der Waals surface area contributed by atoms with Gasteiger partial charge < -0.3 is 37.6 Å². The number of halogens is 1. The van der Waals surface area contributed by atoms with Gasteiger partial charge in [0.05, 0.1) is 12.2 Å². The average molecular weight is 579 g/mol. The van der Waals surface area contributed by atoms with Gasteiger partial charge in [0.2, 0.25) is 5.91 Å². The molecule has 236 valence electrons. The lowest BCUT2D eigenvalue weighted by atomic mass is 9.76. The molecule has 0 aromatic heterocycles. The van der Waals surface area contributed by atoms with E-state index in [9.17, 15) is 9.18 Å². The first-order valence-corrected chi connectivity index (χ1v) is 16.6. The maximum absolute atomic E-state index is 14.8. The maximum atomic E-state index is 14.8. The third-order valence-corrected chi connectivity index (χ3v) is 9.96. The molecule has 0 radical (unpaired) electrons. The van der Waals surface area contributed by atoms with Crippen LogP contribution in [0, 0.1) is 17.8 Å². The largest absolute Gasteiger partial charge is 0.385 e. The minimum atomic E-state index is -0.907. The van der Waals surface area contributed by atoms with Gasteiger partial charge in [-0.3, -0.25) is 10.1 Å². The number of carbonyl (C=O) groups is 1. The highest BCUT2D eigenvalue weighted by molar-refractivity contribution is 5.83. The summed E-state index contributed by atoms with van der Waals surface area (Å²) in [6, 6.07) is 0.436. The summed E-state index contributed by atoms with van der Waals surface area (Å²) in [5.74, 6) is 0.0982. The molecule has 1 saturated heterocycles. The van der Waals surface area contributed by atoms with Crippen molar-refractivity contribution < 1.29 is 9.18 Å². The zero-order chi connectivity index (χ0) is 29.2. The second-order valence-electron chi connectivity index (χ2n) is 13.4. The fourth-order valence-electron chi connectivity index (χ4n) is 7.41. The Morgan fingerprint density at radius 2 is 1.83 bits per heavy atom. The van der Waals surface area contributed by atoms with Crippen molar-refractivity contribution in [3.8, 4) is 0 Å². The third kappa shape index (κ3) is 9.60. The number of allylic oxidation sites excluding steroid dienone is 1. The highest BCUT2D eigenvalue weighted by Gasteiger charge is 2.38. The van der Waals surface area contributed by atoms with Gasteiger partial charge in [-0.1, -0.05) is 19.3 Å². The van der Waals surface area contributed by atoms with Crippen LogP contribution < -0.4 is 38.1 Å². The van der Waals surface area contributed by atoms with Crippen molar-refractivity contribution in [2.45, 2.75) is 108 Å². The first kappa shape index (κ1) is 32.6. The van der Waals surface area contributed by atoms with E-state index in [0.717, 1.165) is 76.7 Å². The molecule has 3 fully saturated rings. The number of rotatable bonds is 13. The molecule has 4 rings (SSSR count). The van der Waals surface area contributed by atoms with E-state index >= 15 is 0 Å². The van der Waals surface area contributed by atoms with E-state index in [4.69, 9.17) is 11.5 Å². The van der Waals surface area contributed by atoms with Gasteiger partial charge in [0.25, 0.3) is 0 Å². The molecule has 9 N–H and O–H groups in total. The molecular weight excluding hydrogens is 519 g/mol. The number of hydrogen-bond acceptors (Lipinski definition) is 8. The van der Waals surface area contributed by atoms with E-state index in [2.05, 4.69) is 45.6 Å². The van der Waals surface area contributed by atoms with E-state index in [1.807, 2.05) is 0 Å². The fraction of sp³-hybridized carbons (Fsp3) is 0.903. The van der Waals surface area contributed by atoms with Crippen LogP contribution in [0.15, 0.2) is 11.3 Å². The van der Waals surface area contributed by atoms with Gasteiger partial charge in [0.1, 0.15) is 12.1 Å². The van der Waals surface area contributed by atoms with Crippen LogP contribution >= 0.6 is 0 Å². The molecule has 2 heterocycles. The van der Waals surface area contributed by atoms with Crippen LogP contribution in [-0.4, -0.2) is 94.6 Å².